The molecule has 0 unspecified atom stereocenters. The zero-order valence-corrected chi connectivity index (χ0v) is 18.8. The lowest BCUT2D eigenvalue weighted by atomic mass is 9.68. The van der Waals surface area contributed by atoms with Gasteiger partial charge in [-0.05, 0) is 61.8 Å². The maximum Gasteiger partial charge on any atom is 0.283 e. The zero-order chi connectivity index (χ0) is 21.9. The van der Waals surface area contributed by atoms with E-state index in [0.717, 1.165) is 39.6 Å². The van der Waals surface area contributed by atoms with Gasteiger partial charge in [-0.2, -0.15) is 0 Å². The van der Waals surface area contributed by atoms with Crippen LogP contribution in [0.5, 0.6) is 0 Å². The summed E-state index contributed by atoms with van der Waals surface area (Å²) in [4.78, 5) is 24.5. The minimum absolute atomic E-state index is 0.00523. The van der Waals surface area contributed by atoms with E-state index >= 15 is 0 Å². The molecule has 0 saturated carbocycles. The topological polar surface area (TPSA) is 72.2 Å². The average molecular weight is 477 g/mol. The number of halogens is 1. The van der Waals surface area contributed by atoms with Crippen molar-refractivity contribution in [2.24, 2.45) is 5.41 Å². The lowest BCUT2D eigenvalue weighted by molar-refractivity contribution is -0.385. The summed E-state index contributed by atoms with van der Waals surface area (Å²) in [5.74, 6) is 0.105. The molecule has 31 heavy (non-hydrogen) atoms. The van der Waals surface area contributed by atoms with E-state index in [0.29, 0.717) is 16.5 Å². The lowest BCUT2D eigenvalue weighted by Gasteiger charge is -2.40. The summed E-state index contributed by atoms with van der Waals surface area (Å²) in [5, 5.41) is 17.3. The molecule has 156 valence electrons. The highest BCUT2D eigenvalue weighted by molar-refractivity contribution is 9.10. The van der Waals surface area contributed by atoms with Crippen molar-refractivity contribution in [3.8, 4) is 0 Å². The molecule has 1 aliphatic heterocycles. The number of rotatable bonds is 2. The Morgan fingerprint density at radius 1 is 1.10 bits per heavy atom. The van der Waals surface area contributed by atoms with Crippen LogP contribution < -0.4 is 5.32 Å². The van der Waals surface area contributed by atoms with Crippen LogP contribution in [-0.4, -0.2) is 10.7 Å². The summed E-state index contributed by atoms with van der Waals surface area (Å²) in [6, 6.07) is 17.0. The molecular weight excluding hydrogens is 456 g/mol. The van der Waals surface area contributed by atoms with Crippen molar-refractivity contribution >= 4 is 49.4 Å². The standard InChI is InChI=1S/C25H21BrN2O3/c1-25(2)12-17-22-16-6-4-3-5-14(16)8-10-19(22)27-24(23(17)21(29)13-25)15-7-9-18(26)20(11-15)28(30)31/h3-11,24,27H,12-13H2,1-2H3/t24-/m1/s1. The minimum Gasteiger partial charge on any atom is -0.373 e. The van der Waals surface area contributed by atoms with Crippen molar-refractivity contribution in [3.63, 3.8) is 0 Å². The fourth-order valence-corrected chi connectivity index (χ4v) is 5.33. The number of carbonyl (C=O) groups is 1. The Hall–Kier alpha value is -2.99. The van der Waals surface area contributed by atoms with E-state index in [-0.39, 0.29) is 16.9 Å². The molecule has 1 N–H and O–H groups in total. The molecule has 1 atom stereocenters. The molecule has 1 aliphatic carbocycles. The van der Waals surface area contributed by atoms with Crippen molar-refractivity contribution < 1.29 is 9.72 Å². The van der Waals surface area contributed by atoms with Gasteiger partial charge in [0.05, 0.1) is 15.4 Å². The molecule has 5 nitrogen and oxygen atoms in total. The van der Waals surface area contributed by atoms with Gasteiger partial charge < -0.3 is 5.32 Å². The number of allylic oxidation sites excluding steroid dienone is 1. The molecule has 0 bridgehead atoms. The minimum atomic E-state index is -0.418. The Labute approximate surface area is 188 Å². The molecule has 0 saturated heterocycles. The predicted octanol–water partition coefficient (Wildman–Crippen LogP) is 6.82. The summed E-state index contributed by atoms with van der Waals surface area (Å²) in [7, 11) is 0. The van der Waals surface area contributed by atoms with Gasteiger partial charge in [0.1, 0.15) is 0 Å². The number of fused-ring (bicyclic) bond motifs is 4. The van der Waals surface area contributed by atoms with E-state index < -0.39 is 11.0 Å². The number of benzene rings is 3. The highest BCUT2D eigenvalue weighted by atomic mass is 79.9. The molecule has 0 radical (unpaired) electrons. The molecular formula is C25H21BrN2O3. The first-order valence-corrected chi connectivity index (χ1v) is 11.0. The van der Waals surface area contributed by atoms with E-state index in [2.05, 4.69) is 53.3 Å². The third kappa shape index (κ3) is 3.26. The van der Waals surface area contributed by atoms with Crippen molar-refractivity contribution in [1.29, 1.82) is 0 Å². The second kappa shape index (κ2) is 7.02. The first kappa shape index (κ1) is 19.9. The van der Waals surface area contributed by atoms with E-state index in [9.17, 15) is 14.9 Å². The summed E-state index contributed by atoms with van der Waals surface area (Å²) in [5.41, 5.74) is 4.40. The highest BCUT2D eigenvalue weighted by Gasteiger charge is 2.41. The van der Waals surface area contributed by atoms with Crippen LogP contribution >= 0.6 is 15.9 Å². The molecule has 6 heteroatoms. The first-order valence-electron chi connectivity index (χ1n) is 10.2. The number of nitrogens with one attached hydrogen (secondary N) is 1. The van der Waals surface area contributed by atoms with Crippen LogP contribution in [-0.2, 0) is 4.79 Å². The van der Waals surface area contributed by atoms with Crippen molar-refractivity contribution in [2.45, 2.75) is 32.7 Å². The fourth-order valence-electron chi connectivity index (χ4n) is 4.94. The Morgan fingerprint density at radius 2 is 1.87 bits per heavy atom. The van der Waals surface area contributed by atoms with Crippen molar-refractivity contribution in [2.75, 3.05) is 5.32 Å². The van der Waals surface area contributed by atoms with Gasteiger partial charge in [0.15, 0.2) is 5.78 Å². The van der Waals surface area contributed by atoms with Gasteiger partial charge in [-0.1, -0.05) is 50.2 Å². The lowest BCUT2D eigenvalue weighted by Crippen LogP contribution is -2.33. The van der Waals surface area contributed by atoms with E-state index in [1.807, 2.05) is 24.3 Å². The van der Waals surface area contributed by atoms with Gasteiger partial charge in [-0.3, -0.25) is 14.9 Å². The maximum absolute atomic E-state index is 13.4. The number of hydrogen-bond acceptors (Lipinski definition) is 4. The van der Waals surface area contributed by atoms with Crippen LogP contribution in [0.25, 0.3) is 16.3 Å². The molecule has 0 fully saturated rings. The van der Waals surface area contributed by atoms with E-state index in [4.69, 9.17) is 0 Å². The number of nitro groups is 1. The maximum atomic E-state index is 13.4. The smallest absolute Gasteiger partial charge is 0.283 e. The van der Waals surface area contributed by atoms with E-state index in [1.54, 1.807) is 12.1 Å². The Kier molecular flexibility index (Phi) is 4.52. The number of carbonyl (C=O) groups excluding carboxylic acids is 1. The summed E-state index contributed by atoms with van der Waals surface area (Å²) in [6.45, 7) is 4.25. The molecule has 3 aromatic rings. The van der Waals surface area contributed by atoms with Gasteiger partial charge in [-0.25, -0.2) is 0 Å². The average Bonchev–Trinajstić information content (AvgIpc) is 2.72. The van der Waals surface area contributed by atoms with Gasteiger partial charge in [0, 0.05) is 29.3 Å². The SMILES string of the molecule is CC1(C)CC(=O)C2=C(C1)c1c(ccc3ccccc13)N[C@@H]2c1ccc(Br)c([N+](=O)[O-])c1. The highest BCUT2D eigenvalue weighted by Crippen LogP contribution is 2.52. The normalized spacial score (nSPS) is 19.6. The third-order valence-corrected chi connectivity index (χ3v) is 6.91. The third-order valence-electron chi connectivity index (χ3n) is 6.24. The number of nitro benzene ring substituents is 1. The molecule has 1 heterocycles. The van der Waals surface area contributed by atoms with Gasteiger partial charge in [0.25, 0.3) is 5.69 Å². The summed E-state index contributed by atoms with van der Waals surface area (Å²) >= 11 is 3.26. The number of hydrogen-bond donors (Lipinski definition) is 1. The van der Waals surface area contributed by atoms with Gasteiger partial charge >= 0.3 is 0 Å². The molecule has 2 aliphatic rings. The Bertz CT molecular complexity index is 1310. The number of anilines is 1. The molecule has 0 aromatic heterocycles. The monoisotopic (exact) mass is 476 g/mol. The van der Waals surface area contributed by atoms with Crippen LogP contribution in [0, 0.1) is 15.5 Å². The second-order valence-electron chi connectivity index (χ2n) is 9.09. The molecule has 0 amide bonds. The summed E-state index contributed by atoms with van der Waals surface area (Å²) < 4.78 is 0.425. The summed E-state index contributed by atoms with van der Waals surface area (Å²) in [6.07, 6.45) is 1.24. The number of Topliss-reactive ketones (excluding diaryl/α,β-unsaturated/α-hetero) is 1. The van der Waals surface area contributed by atoms with Crippen molar-refractivity contribution in [1.82, 2.24) is 0 Å². The second-order valence-corrected chi connectivity index (χ2v) is 9.94. The molecule has 0 spiro atoms. The van der Waals surface area contributed by atoms with Gasteiger partial charge in [-0.15, -0.1) is 0 Å². The predicted molar refractivity (Wildman–Crippen MR) is 126 cm³/mol. The fraction of sp³-hybridized carbons (Fsp3) is 0.240. The largest absolute Gasteiger partial charge is 0.373 e. The Morgan fingerprint density at radius 3 is 2.65 bits per heavy atom. The van der Waals surface area contributed by atoms with Crippen LogP contribution in [0.4, 0.5) is 11.4 Å². The van der Waals surface area contributed by atoms with Crippen LogP contribution in [0.1, 0.15) is 43.9 Å². The number of ketones is 1. The van der Waals surface area contributed by atoms with Crippen LogP contribution in [0.15, 0.2) is 64.6 Å². The Balaban J connectivity index is 1.78. The quantitative estimate of drug-likeness (QED) is 0.325. The van der Waals surface area contributed by atoms with Crippen molar-refractivity contribution in [3.05, 3.63) is 85.9 Å². The molecule has 3 aromatic carbocycles. The van der Waals surface area contributed by atoms with Crippen LogP contribution in [0.3, 0.4) is 0 Å². The van der Waals surface area contributed by atoms with E-state index in [1.165, 1.54) is 0 Å². The van der Waals surface area contributed by atoms with Gasteiger partial charge in [0.2, 0.25) is 0 Å². The first-order chi connectivity index (χ1) is 14.7. The zero-order valence-electron chi connectivity index (χ0n) is 17.2. The number of nitrogens with zero attached hydrogens (tertiary/aromatic N) is 1. The van der Waals surface area contributed by atoms with Crippen LogP contribution in [0.2, 0.25) is 0 Å². The molecule has 5 rings (SSSR count).